The Morgan fingerprint density at radius 1 is 0.489 bits per heavy atom. The van der Waals surface area contributed by atoms with Crippen LogP contribution in [0.3, 0.4) is 0 Å². The second kappa shape index (κ2) is 10.8. The number of fused-ring (bicyclic) bond motifs is 5. The number of anilines is 3. The molecule has 0 bridgehead atoms. The van der Waals surface area contributed by atoms with E-state index in [2.05, 4.69) is 176 Å². The summed E-state index contributed by atoms with van der Waals surface area (Å²) in [6.45, 7) is 4.69. The lowest BCUT2D eigenvalue weighted by Crippen LogP contribution is -2.16. The highest BCUT2D eigenvalue weighted by atomic mass is 32.1. The molecule has 0 atom stereocenters. The van der Waals surface area contributed by atoms with Gasteiger partial charge in [0.05, 0.1) is 10.2 Å². The molecular weight excluding hydrogens is 589 g/mol. The zero-order chi connectivity index (χ0) is 31.5. The molecule has 1 aromatic heterocycles. The summed E-state index contributed by atoms with van der Waals surface area (Å²) in [5.74, 6) is 0. The minimum Gasteiger partial charge on any atom is -0.310 e. The van der Waals surface area contributed by atoms with Gasteiger partial charge in [-0.1, -0.05) is 129 Å². The molecule has 2 nitrogen and oxygen atoms in total. The van der Waals surface area contributed by atoms with Crippen molar-refractivity contribution < 1.29 is 0 Å². The number of thiazole rings is 1. The van der Waals surface area contributed by atoms with Gasteiger partial charge in [-0.15, -0.1) is 11.3 Å². The minimum atomic E-state index is -0.0798. The van der Waals surface area contributed by atoms with Gasteiger partial charge in [-0.3, -0.25) is 0 Å². The Hall–Kier alpha value is -5.51. The van der Waals surface area contributed by atoms with E-state index >= 15 is 0 Å². The maximum absolute atomic E-state index is 5.06. The lowest BCUT2D eigenvalue weighted by atomic mass is 9.82. The second-order valence-electron chi connectivity index (χ2n) is 12.9. The van der Waals surface area contributed by atoms with Gasteiger partial charge in [-0.2, -0.15) is 0 Å². The van der Waals surface area contributed by atoms with E-state index < -0.39 is 0 Å². The van der Waals surface area contributed by atoms with Crippen LogP contribution >= 0.6 is 11.3 Å². The van der Waals surface area contributed by atoms with Gasteiger partial charge in [0.1, 0.15) is 5.01 Å². The van der Waals surface area contributed by atoms with Crippen LogP contribution in [0.4, 0.5) is 17.1 Å². The predicted molar refractivity (Wildman–Crippen MR) is 200 cm³/mol. The molecule has 0 spiro atoms. The van der Waals surface area contributed by atoms with Crippen molar-refractivity contribution in [2.45, 2.75) is 19.3 Å². The van der Waals surface area contributed by atoms with Crippen molar-refractivity contribution in [1.82, 2.24) is 4.98 Å². The van der Waals surface area contributed by atoms with Crippen LogP contribution in [0.1, 0.15) is 25.0 Å². The Balaban J connectivity index is 1.15. The Bertz CT molecular complexity index is 2440. The van der Waals surface area contributed by atoms with Gasteiger partial charge in [-0.05, 0) is 86.6 Å². The summed E-state index contributed by atoms with van der Waals surface area (Å²) < 4.78 is 1.17. The first kappa shape index (κ1) is 27.8. The lowest BCUT2D eigenvalue weighted by molar-refractivity contribution is 0.660. The summed E-state index contributed by atoms with van der Waals surface area (Å²) in [6.07, 6.45) is 0. The monoisotopic (exact) mass is 620 g/mol. The average molecular weight is 621 g/mol. The van der Waals surface area contributed by atoms with Gasteiger partial charge in [-0.25, -0.2) is 4.98 Å². The number of hydrogen-bond acceptors (Lipinski definition) is 3. The van der Waals surface area contributed by atoms with E-state index in [0.717, 1.165) is 33.1 Å². The molecule has 47 heavy (non-hydrogen) atoms. The van der Waals surface area contributed by atoms with Gasteiger partial charge >= 0.3 is 0 Å². The molecule has 0 radical (unpaired) electrons. The van der Waals surface area contributed by atoms with E-state index in [1.54, 1.807) is 11.3 Å². The highest BCUT2D eigenvalue weighted by Crippen LogP contribution is 2.51. The fourth-order valence-corrected chi connectivity index (χ4v) is 8.21. The fourth-order valence-electron chi connectivity index (χ4n) is 7.21. The molecule has 1 aliphatic carbocycles. The molecule has 0 fully saturated rings. The van der Waals surface area contributed by atoms with Crippen molar-refractivity contribution in [3.63, 3.8) is 0 Å². The molecule has 9 rings (SSSR count). The Morgan fingerprint density at radius 2 is 1.11 bits per heavy atom. The lowest BCUT2D eigenvalue weighted by Gasteiger charge is -2.28. The molecule has 7 aromatic carbocycles. The average Bonchev–Trinajstić information content (AvgIpc) is 3.65. The zero-order valence-electron chi connectivity index (χ0n) is 26.3. The number of hydrogen-bond donors (Lipinski definition) is 0. The van der Waals surface area contributed by atoms with Crippen LogP contribution < -0.4 is 4.90 Å². The maximum atomic E-state index is 5.06. The molecule has 8 aromatic rings. The Labute approximate surface area is 279 Å². The number of aromatic nitrogens is 1. The van der Waals surface area contributed by atoms with E-state index in [4.69, 9.17) is 4.98 Å². The number of rotatable bonds is 5. The van der Waals surface area contributed by atoms with Crippen LogP contribution in [0.15, 0.2) is 158 Å². The topological polar surface area (TPSA) is 16.1 Å². The molecule has 0 N–H and O–H groups in total. The second-order valence-corrected chi connectivity index (χ2v) is 13.9. The predicted octanol–water partition coefficient (Wildman–Crippen LogP) is 12.6. The molecular formula is C44H32N2S. The van der Waals surface area contributed by atoms with Gasteiger partial charge in [0.2, 0.25) is 0 Å². The first-order valence-electron chi connectivity index (χ1n) is 16.1. The molecule has 0 unspecified atom stereocenters. The van der Waals surface area contributed by atoms with E-state index in [0.29, 0.717) is 0 Å². The molecule has 1 heterocycles. The van der Waals surface area contributed by atoms with Crippen LogP contribution in [0.25, 0.3) is 53.8 Å². The van der Waals surface area contributed by atoms with E-state index in [9.17, 15) is 0 Å². The molecule has 0 amide bonds. The standard InChI is InChI=1S/C44H32N2S/c1-44(2)39-15-9-8-14-37(39)38-24-22-35(27-40(38)44)46(34-21-20-30-12-6-7-13-33(30)26-34)36-23-25-41-42(28-36)47-43(45-41)32-18-16-31(17-19-32)29-10-4-3-5-11-29/h3-28H,1-2H3. The Kier molecular flexibility index (Phi) is 6.38. The summed E-state index contributed by atoms with van der Waals surface area (Å²) in [6, 6.07) is 57.2. The SMILES string of the molecule is CC1(C)c2ccccc2-c2ccc(N(c3ccc4ccccc4c3)c3ccc4nc(-c5ccc(-c6ccccc6)cc5)sc4c3)cc21. The molecule has 0 saturated carbocycles. The maximum Gasteiger partial charge on any atom is 0.124 e. The van der Waals surface area contributed by atoms with Crippen LogP contribution in [-0.4, -0.2) is 4.98 Å². The summed E-state index contributed by atoms with van der Waals surface area (Å²) in [4.78, 5) is 7.46. The minimum absolute atomic E-state index is 0.0798. The number of benzene rings is 7. The van der Waals surface area contributed by atoms with Crippen molar-refractivity contribution in [3.8, 4) is 32.8 Å². The van der Waals surface area contributed by atoms with Crippen LogP contribution in [0, 0.1) is 0 Å². The molecule has 0 saturated heterocycles. The van der Waals surface area contributed by atoms with Crippen molar-refractivity contribution >= 4 is 49.4 Å². The molecule has 224 valence electrons. The van der Waals surface area contributed by atoms with Crippen molar-refractivity contribution in [2.75, 3.05) is 4.90 Å². The van der Waals surface area contributed by atoms with Gasteiger partial charge < -0.3 is 4.90 Å². The molecule has 0 aliphatic heterocycles. The highest BCUT2D eigenvalue weighted by Gasteiger charge is 2.35. The van der Waals surface area contributed by atoms with Gasteiger partial charge in [0.25, 0.3) is 0 Å². The van der Waals surface area contributed by atoms with E-state index in [1.807, 2.05) is 0 Å². The smallest absolute Gasteiger partial charge is 0.124 e. The van der Waals surface area contributed by atoms with Crippen LogP contribution in [-0.2, 0) is 5.41 Å². The summed E-state index contributed by atoms with van der Waals surface area (Å²) in [5.41, 5.74) is 13.3. The summed E-state index contributed by atoms with van der Waals surface area (Å²) >= 11 is 1.75. The largest absolute Gasteiger partial charge is 0.310 e. The normalized spacial score (nSPS) is 13.1. The zero-order valence-corrected chi connectivity index (χ0v) is 27.1. The fraction of sp³-hybridized carbons (Fsp3) is 0.0682. The van der Waals surface area contributed by atoms with Gasteiger partial charge in [0, 0.05) is 28.0 Å². The van der Waals surface area contributed by atoms with Crippen LogP contribution in [0.2, 0.25) is 0 Å². The summed E-state index contributed by atoms with van der Waals surface area (Å²) in [7, 11) is 0. The highest BCUT2D eigenvalue weighted by molar-refractivity contribution is 7.21. The van der Waals surface area contributed by atoms with E-state index in [1.165, 1.54) is 48.9 Å². The first-order chi connectivity index (χ1) is 23.0. The molecule has 3 heteroatoms. The van der Waals surface area contributed by atoms with Crippen molar-refractivity contribution in [3.05, 3.63) is 169 Å². The van der Waals surface area contributed by atoms with Crippen LogP contribution in [0.5, 0.6) is 0 Å². The third kappa shape index (κ3) is 4.66. The first-order valence-corrected chi connectivity index (χ1v) is 16.9. The quantitative estimate of drug-likeness (QED) is 0.190. The molecule has 1 aliphatic rings. The third-order valence-corrected chi connectivity index (χ3v) is 10.8. The number of nitrogens with zero attached hydrogens (tertiary/aromatic N) is 2. The van der Waals surface area contributed by atoms with Crippen molar-refractivity contribution in [2.24, 2.45) is 0 Å². The van der Waals surface area contributed by atoms with Crippen molar-refractivity contribution in [1.29, 1.82) is 0 Å². The summed E-state index contributed by atoms with van der Waals surface area (Å²) in [5, 5.41) is 3.50. The third-order valence-electron chi connectivity index (χ3n) is 9.69. The van der Waals surface area contributed by atoms with E-state index in [-0.39, 0.29) is 5.41 Å². The van der Waals surface area contributed by atoms with Gasteiger partial charge in [0.15, 0.2) is 0 Å². The Morgan fingerprint density at radius 3 is 1.96 bits per heavy atom.